The molecule has 72 valence electrons. The summed E-state index contributed by atoms with van der Waals surface area (Å²) < 4.78 is 5.41. The number of hydrogen-bond donors (Lipinski definition) is 0. The molecule has 0 aliphatic rings. The van der Waals surface area contributed by atoms with Gasteiger partial charge in [0.2, 0.25) is 0 Å². The number of hydrogen-bond acceptors (Lipinski definition) is 1. The van der Waals surface area contributed by atoms with Gasteiger partial charge >= 0.3 is 0 Å². The van der Waals surface area contributed by atoms with Crippen molar-refractivity contribution in [3.8, 4) is 0 Å². The molecule has 0 fully saturated rings. The van der Waals surface area contributed by atoms with E-state index in [1.807, 2.05) is 0 Å². The van der Waals surface area contributed by atoms with E-state index in [1.54, 1.807) is 6.08 Å². The molecule has 0 rings (SSSR count). The molecule has 12 heavy (non-hydrogen) atoms. The highest BCUT2D eigenvalue weighted by Crippen LogP contribution is 2.26. The van der Waals surface area contributed by atoms with Gasteiger partial charge in [-0.3, -0.25) is 0 Å². The molecule has 0 radical (unpaired) electrons. The number of alkyl halides is 3. The highest BCUT2D eigenvalue weighted by atomic mass is 79.9. The Labute approximate surface area is 99.3 Å². The third-order valence-corrected chi connectivity index (χ3v) is 5.06. The fourth-order valence-electron chi connectivity index (χ4n) is 0.582. The van der Waals surface area contributed by atoms with E-state index in [9.17, 15) is 0 Å². The standard InChI is InChI=1S/C8H13Br3O/c1-2-3-12-7-8(4-9,5-10)6-11/h2H,1,3-7H2. The van der Waals surface area contributed by atoms with Crippen molar-refractivity contribution in [3.05, 3.63) is 12.7 Å². The van der Waals surface area contributed by atoms with Crippen molar-refractivity contribution < 1.29 is 4.74 Å². The zero-order valence-electron chi connectivity index (χ0n) is 6.86. The Morgan fingerprint density at radius 3 is 2.00 bits per heavy atom. The highest BCUT2D eigenvalue weighted by molar-refractivity contribution is 9.10. The Balaban J connectivity index is 3.84. The van der Waals surface area contributed by atoms with Crippen LogP contribution in [-0.2, 0) is 4.74 Å². The fraction of sp³-hybridized carbons (Fsp3) is 0.750. The van der Waals surface area contributed by atoms with Crippen LogP contribution in [0.5, 0.6) is 0 Å². The SMILES string of the molecule is C=CCOCC(CBr)(CBr)CBr. The summed E-state index contributed by atoms with van der Waals surface area (Å²) in [6.45, 7) is 4.95. The van der Waals surface area contributed by atoms with Gasteiger partial charge in [-0.1, -0.05) is 53.9 Å². The summed E-state index contributed by atoms with van der Waals surface area (Å²) >= 11 is 10.4. The largest absolute Gasteiger partial charge is 0.377 e. The molecule has 0 unspecified atom stereocenters. The van der Waals surface area contributed by atoms with Crippen LogP contribution >= 0.6 is 47.8 Å². The zero-order chi connectivity index (χ0) is 9.45. The molecule has 0 aromatic carbocycles. The van der Waals surface area contributed by atoms with Crippen molar-refractivity contribution in [2.75, 3.05) is 29.2 Å². The van der Waals surface area contributed by atoms with Crippen LogP contribution in [0.4, 0.5) is 0 Å². The second-order valence-corrected chi connectivity index (χ2v) is 4.39. The average Bonchev–Trinajstić information content (AvgIpc) is 2.14. The summed E-state index contributed by atoms with van der Waals surface area (Å²) in [5.41, 5.74) is 0.156. The molecule has 0 aromatic rings. The van der Waals surface area contributed by atoms with Crippen LogP contribution in [0.25, 0.3) is 0 Å². The van der Waals surface area contributed by atoms with Crippen molar-refractivity contribution in [2.45, 2.75) is 0 Å². The maximum absolute atomic E-state index is 5.41. The van der Waals surface area contributed by atoms with Crippen molar-refractivity contribution in [1.82, 2.24) is 0 Å². The van der Waals surface area contributed by atoms with Crippen LogP contribution in [0.2, 0.25) is 0 Å². The minimum atomic E-state index is 0.156. The second-order valence-electron chi connectivity index (χ2n) is 2.70. The van der Waals surface area contributed by atoms with Gasteiger partial charge in [0.1, 0.15) is 0 Å². The van der Waals surface area contributed by atoms with E-state index in [1.165, 1.54) is 0 Å². The molecule has 0 aliphatic carbocycles. The lowest BCUT2D eigenvalue weighted by atomic mass is 9.98. The first-order valence-electron chi connectivity index (χ1n) is 3.61. The molecule has 0 N–H and O–H groups in total. The Bertz CT molecular complexity index is 115. The van der Waals surface area contributed by atoms with Crippen LogP contribution in [0.1, 0.15) is 0 Å². The Hall–Kier alpha value is 1.14. The van der Waals surface area contributed by atoms with Crippen LogP contribution in [0, 0.1) is 5.41 Å². The smallest absolute Gasteiger partial charge is 0.0645 e. The molecule has 0 amide bonds. The number of rotatable bonds is 7. The maximum atomic E-state index is 5.41. The predicted octanol–water partition coefficient (Wildman–Crippen LogP) is 3.36. The van der Waals surface area contributed by atoms with Crippen LogP contribution in [-0.4, -0.2) is 29.2 Å². The van der Waals surface area contributed by atoms with Crippen LogP contribution in [0.3, 0.4) is 0 Å². The molecule has 0 saturated heterocycles. The van der Waals surface area contributed by atoms with Gasteiger partial charge in [-0.2, -0.15) is 0 Å². The summed E-state index contributed by atoms with van der Waals surface area (Å²) in [5, 5.41) is 2.77. The molecular formula is C8H13Br3O. The number of halogens is 3. The van der Waals surface area contributed by atoms with Gasteiger partial charge in [0, 0.05) is 21.4 Å². The van der Waals surface area contributed by atoms with Gasteiger partial charge in [-0.25, -0.2) is 0 Å². The molecule has 0 bridgehead atoms. The first-order chi connectivity index (χ1) is 5.74. The normalized spacial score (nSPS) is 11.6. The lowest BCUT2D eigenvalue weighted by molar-refractivity contribution is 0.1000. The first kappa shape index (κ1) is 13.1. The molecule has 0 spiro atoms. The topological polar surface area (TPSA) is 9.23 Å². The van der Waals surface area contributed by atoms with Crippen molar-refractivity contribution in [3.63, 3.8) is 0 Å². The Morgan fingerprint density at radius 1 is 1.17 bits per heavy atom. The third kappa shape index (κ3) is 4.40. The molecule has 0 atom stereocenters. The average molecular weight is 365 g/mol. The van der Waals surface area contributed by atoms with Crippen molar-refractivity contribution in [1.29, 1.82) is 0 Å². The van der Waals surface area contributed by atoms with E-state index in [0.29, 0.717) is 6.61 Å². The van der Waals surface area contributed by atoms with E-state index < -0.39 is 0 Å². The summed E-state index contributed by atoms with van der Waals surface area (Å²) in [6.07, 6.45) is 1.77. The van der Waals surface area contributed by atoms with Gasteiger partial charge in [-0.15, -0.1) is 6.58 Å². The van der Waals surface area contributed by atoms with E-state index in [2.05, 4.69) is 54.4 Å². The Morgan fingerprint density at radius 2 is 1.67 bits per heavy atom. The maximum Gasteiger partial charge on any atom is 0.0645 e. The van der Waals surface area contributed by atoms with Gasteiger partial charge in [0.05, 0.1) is 13.2 Å². The summed E-state index contributed by atoms with van der Waals surface area (Å²) in [6, 6.07) is 0. The fourth-order valence-corrected chi connectivity index (χ4v) is 3.85. The predicted molar refractivity (Wildman–Crippen MR) is 64.8 cm³/mol. The molecular weight excluding hydrogens is 352 g/mol. The van der Waals surface area contributed by atoms with E-state index in [4.69, 9.17) is 4.74 Å². The summed E-state index contributed by atoms with van der Waals surface area (Å²) in [5.74, 6) is 0. The quantitative estimate of drug-likeness (QED) is 0.382. The van der Waals surface area contributed by atoms with Gasteiger partial charge in [0.25, 0.3) is 0 Å². The van der Waals surface area contributed by atoms with E-state index in [0.717, 1.165) is 22.6 Å². The summed E-state index contributed by atoms with van der Waals surface area (Å²) in [7, 11) is 0. The lowest BCUT2D eigenvalue weighted by Crippen LogP contribution is -2.32. The Kier molecular flexibility index (Phi) is 8.25. The molecule has 0 saturated carbocycles. The summed E-state index contributed by atoms with van der Waals surface area (Å²) in [4.78, 5) is 0. The van der Waals surface area contributed by atoms with E-state index >= 15 is 0 Å². The number of ether oxygens (including phenoxy) is 1. The van der Waals surface area contributed by atoms with Gasteiger partial charge in [0.15, 0.2) is 0 Å². The lowest BCUT2D eigenvalue weighted by Gasteiger charge is -2.26. The van der Waals surface area contributed by atoms with E-state index in [-0.39, 0.29) is 5.41 Å². The van der Waals surface area contributed by atoms with Gasteiger partial charge < -0.3 is 4.74 Å². The van der Waals surface area contributed by atoms with Crippen molar-refractivity contribution >= 4 is 47.8 Å². The first-order valence-corrected chi connectivity index (χ1v) is 6.97. The van der Waals surface area contributed by atoms with Crippen LogP contribution in [0.15, 0.2) is 12.7 Å². The highest BCUT2D eigenvalue weighted by Gasteiger charge is 2.26. The monoisotopic (exact) mass is 362 g/mol. The molecule has 0 heterocycles. The third-order valence-electron chi connectivity index (χ3n) is 1.49. The second kappa shape index (κ2) is 7.54. The zero-order valence-corrected chi connectivity index (χ0v) is 11.6. The molecule has 4 heteroatoms. The minimum Gasteiger partial charge on any atom is -0.377 e. The van der Waals surface area contributed by atoms with Crippen LogP contribution < -0.4 is 0 Å². The van der Waals surface area contributed by atoms with Gasteiger partial charge in [-0.05, 0) is 0 Å². The molecule has 0 aromatic heterocycles. The molecule has 1 nitrogen and oxygen atoms in total. The minimum absolute atomic E-state index is 0.156. The van der Waals surface area contributed by atoms with Crippen molar-refractivity contribution in [2.24, 2.45) is 5.41 Å². The molecule has 0 aliphatic heterocycles.